The van der Waals surface area contributed by atoms with Crippen molar-refractivity contribution in [1.82, 2.24) is 29.7 Å². The minimum Gasteiger partial charge on any atom is -0.481 e. The van der Waals surface area contributed by atoms with Crippen molar-refractivity contribution in [2.24, 2.45) is 0 Å². The number of H-pyrrole nitrogens is 1. The van der Waals surface area contributed by atoms with Crippen LogP contribution < -0.4 is 0 Å². The molecule has 5 rings (SSSR count). The molecular weight excluding hydrogens is 448 g/mol. The van der Waals surface area contributed by atoms with Gasteiger partial charge in [0, 0.05) is 5.56 Å². The normalized spacial score (nSPS) is 11.2. The highest BCUT2D eigenvalue weighted by Crippen LogP contribution is 2.31. The molecule has 0 radical (unpaired) electrons. The summed E-state index contributed by atoms with van der Waals surface area (Å²) < 4.78 is 1.71. The molecule has 0 saturated carbocycles. The van der Waals surface area contributed by atoms with Crippen LogP contribution in [-0.4, -0.2) is 46.5 Å². The lowest BCUT2D eigenvalue weighted by Gasteiger charge is -2.07. The molecule has 5 aromatic rings. The molecular formula is C22H15ClN6O2S. The van der Waals surface area contributed by atoms with Crippen molar-refractivity contribution in [2.75, 3.05) is 5.75 Å². The summed E-state index contributed by atoms with van der Waals surface area (Å²) >= 11 is 7.58. The van der Waals surface area contributed by atoms with Crippen molar-refractivity contribution in [3.8, 4) is 28.1 Å². The molecule has 0 amide bonds. The maximum Gasteiger partial charge on any atom is 0.313 e. The number of hydrogen-bond donors (Lipinski definition) is 2. The van der Waals surface area contributed by atoms with Gasteiger partial charge in [-0.05, 0) is 29.3 Å². The van der Waals surface area contributed by atoms with Gasteiger partial charge in [0.1, 0.15) is 12.7 Å². The van der Waals surface area contributed by atoms with Gasteiger partial charge in [-0.25, -0.2) is 19.6 Å². The summed E-state index contributed by atoms with van der Waals surface area (Å²) in [6, 6.07) is 17.8. The number of carboxylic acid groups (broad SMARTS) is 1. The van der Waals surface area contributed by atoms with Gasteiger partial charge < -0.3 is 10.1 Å². The van der Waals surface area contributed by atoms with Gasteiger partial charge in [-0.3, -0.25) is 4.79 Å². The van der Waals surface area contributed by atoms with Gasteiger partial charge in [0.05, 0.1) is 27.7 Å². The molecule has 158 valence electrons. The SMILES string of the molecule is O=C(O)CSc1nc2nc(-c3ccc(-c4ccc(-n5cncn5)cc4)cc3)c(Cl)cc2[nH]1. The number of aromatic nitrogens is 6. The molecule has 0 atom stereocenters. The van der Waals surface area contributed by atoms with Gasteiger partial charge in [0.15, 0.2) is 10.8 Å². The Morgan fingerprint density at radius 1 is 1.03 bits per heavy atom. The van der Waals surface area contributed by atoms with Gasteiger partial charge in [-0.1, -0.05) is 59.8 Å². The second-order valence-corrected chi connectivity index (χ2v) is 8.25. The predicted molar refractivity (Wildman–Crippen MR) is 123 cm³/mol. The van der Waals surface area contributed by atoms with Crippen molar-refractivity contribution in [3.05, 3.63) is 72.3 Å². The van der Waals surface area contributed by atoms with Crippen LogP contribution >= 0.6 is 23.4 Å². The molecule has 32 heavy (non-hydrogen) atoms. The van der Waals surface area contributed by atoms with Crippen LogP contribution in [0, 0.1) is 0 Å². The number of rotatable bonds is 6. The van der Waals surface area contributed by atoms with Crippen LogP contribution in [0.4, 0.5) is 0 Å². The quantitative estimate of drug-likeness (QED) is 0.352. The maximum atomic E-state index is 10.8. The maximum absolute atomic E-state index is 10.8. The Labute approximate surface area is 191 Å². The van der Waals surface area contributed by atoms with Crippen molar-refractivity contribution in [3.63, 3.8) is 0 Å². The lowest BCUT2D eigenvalue weighted by Crippen LogP contribution is -1.97. The number of imidazole rings is 1. The zero-order valence-corrected chi connectivity index (χ0v) is 18.0. The van der Waals surface area contributed by atoms with E-state index >= 15 is 0 Å². The summed E-state index contributed by atoms with van der Waals surface area (Å²) in [7, 11) is 0. The second kappa shape index (κ2) is 8.45. The first-order chi connectivity index (χ1) is 15.6. The van der Waals surface area contributed by atoms with E-state index in [1.165, 1.54) is 6.33 Å². The molecule has 0 bridgehead atoms. The number of carboxylic acids is 1. The molecule has 2 N–H and O–H groups in total. The largest absolute Gasteiger partial charge is 0.481 e. The Kier molecular flexibility index (Phi) is 5.34. The number of fused-ring (bicyclic) bond motifs is 1. The predicted octanol–water partition coefficient (Wildman–Crippen LogP) is 4.70. The minimum atomic E-state index is -0.907. The number of aliphatic carboxylic acids is 1. The van der Waals surface area contributed by atoms with Crippen LogP contribution in [0.1, 0.15) is 0 Å². The summed E-state index contributed by atoms with van der Waals surface area (Å²) in [4.78, 5) is 26.7. The first-order valence-electron chi connectivity index (χ1n) is 9.53. The Balaban J connectivity index is 1.40. The number of aromatic amines is 1. The summed E-state index contributed by atoms with van der Waals surface area (Å²) in [5.74, 6) is -0.989. The van der Waals surface area contributed by atoms with Gasteiger partial charge in [0.2, 0.25) is 0 Å². The highest BCUT2D eigenvalue weighted by Gasteiger charge is 2.13. The number of hydrogen-bond acceptors (Lipinski definition) is 6. The fourth-order valence-corrected chi connectivity index (χ4v) is 4.12. The van der Waals surface area contributed by atoms with Crippen molar-refractivity contribution in [1.29, 1.82) is 0 Å². The molecule has 8 nitrogen and oxygen atoms in total. The molecule has 0 aliphatic carbocycles. The van der Waals surface area contributed by atoms with Crippen LogP contribution in [0.25, 0.3) is 39.2 Å². The molecule has 0 spiro atoms. The highest BCUT2D eigenvalue weighted by molar-refractivity contribution is 7.99. The van der Waals surface area contributed by atoms with Gasteiger partial charge in [0.25, 0.3) is 0 Å². The third-order valence-corrected chi connectivity index (χ3v) is 5.93. The Morgan fingerprint density at radius 3 is 2.38 bits per heavy atom. The fourth-order valence-electron chi connectivity index (χ4n) is 3.27. The molecule has 3 heterocycles. The number of carbonyl (C=O) groups is 1. The molecule has 0 aliphatic rings. The standard InChI is InChI=1S/C22H15ClN6O2S/c23-17-9-18-21(28-22(26-18)32-10-19(30)31)27-20(17)15-3-1-13(2-4-15)14-5-7-16(8-6-14)29-12-24-11-25-29/h1-9,11-12H,10H2,(H,30,31)(H,26,27,28). The lowest BCUT2D eigenvalue weighted by molar-refractivity contribution is -0.133. The first kappa shape index (κ1) is 20.2. The fraction of sp³-hybridized carbons (Fsp3) is 0.0455. The average molecular weight is 463 g/mol. The van der Waals surface area contributed by atoms with E-state index in [2.05, 4.69) is 25.0 Å². The smallest absolute Gasteiger partial charge is 0.313 e. The monoisotopic (exact) mass is 462 g/mol. The van der Waals surface area contributed by atoms with Crippen molar-refractivity contribution >= 4 is 40.5 Å². The van der Waals surface area contributed by atoms with Crippen molar-refractivity contribution in [2.45, 2.75) is 5.16 Å². The van der Waals surface area contributed by atoms with Crippen LogP contribution in [0.2, 0.25) is 5.02 Å². The summed E-state index contributed by atoms with van der Waals surface area (Å²) in [5.41, 5.74) is 5.70. The van der Waals surface area contributed by atoms with Crippen LogP contribution in [0.3, 0.4) is 0 Å². The van der Waals surface area contributed by atoms with Gasteiger partial charge in [-0.15, -0.1) is 0 Å². The molecule has 0 aliphatic heterocycles. The topological polar surface area (TPSA) is 110 Å². The number of benzene rings is 2. The molecule has 0 fully saturated rings. The Hall–Kier alpha value is -3.69. The zero-order chi connectivity index (χ0) is 22.1. The van der Waals surface area contributed by atoms with E-state index in [-0.39, 0.29) is 5.75 Å². The first-order valence-corrected chi connectivity index (χ1v) is 10.9. The van der Waals surface area contributed by atoms with E-state index in [9.17, 15) is 4.79 Å². The summed E-state index contributed by atoms with van der Waals surface area (Å²) in [6.07, 6.45) is 3.16. The van der Waals surface area contributed by atoms with Crippen LogP contribution in [0.5, 0.6) is 0 Å². The lowest BCUT2D eigenvalue weighted by atomic mass is 10.0. The van der Waals surface area contributed by atoms with Crippen LogP contribution in [0.15, 0.2) is 72.4 Å². The molecule has 3 aromatic heterocycles. The van der Waals surface area contributed by atoms with E-state index in [1.54, 1.807) is 17.1 Å². The number of nitrogens with one attached hydrogen (secondary N) is 1. The zero-order valence-electron chi connectivity index (χ0n) is 16.4. The third-order valence-electron chi connectivity index (χ3n) is 4.78. The number of nitrogens with zero attached hydrogens (tertiary/aromatic N) is 5. The van der Waals surface area contributed by atoms with E-state index < -0.39 is 5.97 Å². The summed E-state index contributed by atoms with van der Waals surface area (Å²) in [6.45, 7) is 0. The van der Waals surface area contributed by atoms with E-state index in [4.69, 9.17) is 16.7 Å². The Bertz CT molecular complexity index is 1400. The summed E-state index contributed by atoms with van der Waals surface area (Å²) in [5, 5.41) is 14.0. The van der Waals surface area contributed by atoms with Gasteiger partial charge in [-0.2, -0.15) is 5.10 Å². The number of halogens is 1. The third kappa shape index (κ3) is 4.08. The van der Waals surface area contributed by atoms with Crippen LogP contribution in [-0.2, 0) is 4.79 Å². The highest BCUT2D eigenvalue weighted by atomic mass is 35.5. The minimum absolute atomic E-state index is 0.0817. The number of thioether (sulfide) groups is 1. The molecule has 10 heteroatoms. The van der Waals surface area contributed by atoms with E-state index in [0.29, 0.717) is 27.0 Å². The average Bonchev–Trinajstić information content (AvgIpc) is 3.47. The molecule has 0 saturated heterocycles. The van der Waals surface area contributed by atoms with E-state index in [0.717, 1.165) is 34.1 Å². The number of pyridine rings is 1. The molecule has 0 unspecified atom stereocenters. The van der Waals surface area contributed by atoms with Gasteiger partial charge >= 0.3 is 5.97 Å². The van der Waals surface area contributed by atoms with E-state index in [1.807, 2.05) is 48.5 Å². The second-order valence-electron chi connectivity index (χ2n) is 6.88. The van der Waals surface area contributed by atoms with Crippen molar-refractivity contribution < 1.29 is 9.90 Å². The Morgan fingerprint density at radius 2 is 1.72 bits per heavy atom. The molecule has 2 aromatic carbocycles.